The number of aromatic nitrogens is 1. The van der Waals surface area contributed by atoms with E-state index in [9.17, 15) is 13.2 Å². The lowest BCUT2D eigenvalue weighted by Crippen LogP contribution is -2.41. The number of rotatable bonds is 6. The predicted octanol–water partition coefficient (Wildman–Crippen LogP) is 0.731. The van der Waals surface area contributed by atoms with Crippen molar-refractivity contribution in [2.24, 2.45) is 5.92 Å². The number of carbonyl (C=O) groups is 1. The molecule has 0 spiro atoms. The summed E-state index contributed by atoms with van der Waals surface area (Å²) in [5, 5.41) is 17.6. The molecule has 0 aromatic carbocycles. The number of hydrogen-bond acceptors (Lipinski definition) is 5. The van der Waals surface area contributed by atoms with Crippen LogP contribution in [0.3, 0.4) is 0 Å². The van der Waals surface area contributed by atoms with Crippen LogP contribution in [0, 0.1) is 17.2 Å². The van der Waals surface area contributed by atoms with Gasteiger partial charge in [-0.2, -0.15) is 9.98 Å². The maximum absolute atomic E-state index is 12.0. The minimum atomic E-state index is -3.98. The van der Waals surface area contributed by atoms with Gasteiger partial charge in [-0.1, -0.05) is 13.8 Å². The van der Waals surface area contributed by atoms with E-state index in [2.05, 4.69) is 9.71 Å². The highest BCUT2D eigenvalue weighted by molar-refractivity contribution is 7.89. The number of sulfonamides is 1. The van der Waals surface area contributed by atoms with Gasteiger partial charge in [-0.05, 0) is 24.5 Å². The molecule has 0 bridgehead atoms. The van der Waals surface area contributed by atoms with Crippen molar-refractivity contribution in [3.05, 3.63) is 24.0 Å². The van der Waals surface area contributed by atoms with Gasteiger partial charge in [0.2, 0.25) is 10.0 Å². The first-order valence-electron chi connectivity index (χ1n) is 5.87. The summed E-state index contributed by atoms with van der Waals surface area (Å²) < 4.78 is 26.2. The summed E-state index contributed by atoms with van der Waals surface area (Å²) in [7, 11) is -3.98. The molecule has 1 atom stereocenters. The molecular formula is C12H15N3O4S. The van der Waals surface area contributed by atoms with Crippen LogP contribution in [0.1, 0.15) is 26.0 Å². The second-order valence-corrected chi connectivity index (χ2v) is 6.35. The van der Waals surface area contributed by atoms with E-state index in [0.717, 1.165) is 6.20 Å². The average Bonchev–Trinajstić information content (AvgIpc) is 2.37. The molecule has 1 aromatic rings. The number of pyridine rings is 1. The van der Waals surface area contributed by atoms with E-state index in [1.165, 1.54) is 12.1 Å². The van der Waals surface area contributed by atoms with E-state index in [4.69, 9.17) is 10.4 Å². The number of carboxylic acids is 1. The van der Waals surface area contributed by atoms with Gasteiger partial charge >= 0.3 is 5.97 Å². The van der Waals surface area contributed by atoms with E-state index in [-0.39, 0.29) is 22.9 Å². The zero-order valence-electron chi connectivity index (χ0n) is 11.1. The zero-order chi connectivity index (χ0) is 15.3. The van der Waals surface area contributed by atoms with Crippen LogP contribution in [0.2, 0.25) is 0 Å². The Bertz CT molecular complexity index is 617. The van der Waals surface area contributed by atoms with Crippen LogP contribution in [-0.2, 0) is 14.8 Å². The molecule has 8 heteroatoms. The second kappa shape index (κ2) is 6.45. The summed E-state index contributed by atoms with van der Waals surface area (Å²) >= 11 is 0. The van der Waals surface area contributed by atoms with Gasteiger partial charge in [0, 0.05) is 6.20 Å². The van der Waals surface area contributed by atoms with Gasteiger partial charge in [-0.25, -0.2) is 13.4 Å². The SMILES string of the molecule is CC(C)C[C@@H](NS(=O)(=O)c1ccc(C#N)nc1)C(=O)O. The second-order valence-electron chi connectivity index (χ2n) is 4.63. The van der Waals surface area contributed by atoms with Crippen molar-refractivity contribution in [3.8, 4) is 6.07 Å². The van der Waals surface area contributed by atoms with Crippen molar-refractivity contribution in [1.82, 2.24) is 9.71 Å². The Labute approximate surface area is 117 Å². The number of nitriles is 1. The summed E-state index contributed by atoms with van der Waals surface area (Å²) in [6, 6.07) is 3.04. The van der Waals surface area contributed by atoms with Crippen LogP contribution in [0.15, 0.2) is 23.2 Å². The fourth-order valence-electron chi connectivity index (χ4n) is 1.53. The standard InChI is InChI=1S/C12H15N3O4S/c1-8(2)5-11(12(16)17)15-20(18,19)10-4-3-9(6-13)14-7-10/h3-4,7-8,11,15H,5H2,1-2H3,(H,16,17)/t11-/m1/s1. The Hall–Kier alpha value is -1.98. The molecule has 0 saturated heterocycles. The lowest BCUT2D eigenvalue weighted by atomic mass is 10.1. The normalized spacial score (nSPS) is 12.9. The summed E-state index contributed by atoms with van der Waals surface area (Å²) in [5.74, 6) is -1.21. The molecule has 0 saturated carbocycles. The Balaban J connectivity index is 2.97. The molecule has 1 rings (SSSR count). The number of nitrogens with one attached hydrogen (secondary N) is 1. The molecule has 0 aliphatic carbocycles. The fraction of sp³-hybridized carbons (Fsp3) is 0.417. The van der Waals surface area contributed by atoms with E-state index >= 15 is 0 Å². The molecule has 0 amide bonds. The number of nitrogens with zero attached hydrogens (tertiary/aromatic N) is 2. The third-order valence-electron chi connectivity index (χ3n) is 2.46. The van der Waals surface area contributed by atoms with E-state index < -0.39 is 22.0 Å². The van der Waals surface area contributed by atoms with Crippen molar-refractivity contribution >= 4 is 16.0 Å². The van der Waals surface area contributed by atoms with E-state index in [0.29, 0.717) is 0 Å². The van der Waals surface area contributed by atoms with Crippen molar-refractivity contribution in [1.29, 1.82) is 5.26 Å². The molecule has 1 heterocycles. The third kappa shape index (κ3) is 4.29. The van der Waals surface area contributed by atoms with Gasteiger partial charge in [0.25, 0.3) is 0 Å². The molecule has 0 radical (unpaired) electrons. The van der Waals surface area contributed by atoms with Crippen LogP contribution in [0.5, 0.6) is 0 Å². The molecule has 7 nitrogen and oxygen atoms in total. The highest BCUT2D eigenvalue weighted by Gasteiger charge is 2.26. The molecule has 0 unspecified atom stereocenters. The summed E-state index contributed by atoms with van der Waals surface area (Å²) in [6.07, 6.45) is 1.20. The maximum atomic E-state index is 12.0. The average molecular weight is 297 g/mol. The van der Waals surface area contributed by atoms with Gasteiger partial charge in [-0.3, -0.25) is 4.79 Å². The first-order valence-corrected chi connectivity index (χ1v) is 7.36. The summed E-state index contributed by atoms with van der Waals surface area (Å²) in [4.78, 5) is 14.5. The molecule has 2 N–H and O–H groups in total. The van der Waals surface area contributed by atoms with Crippen molar-refractivity contribution in [2.75, 3.05) is 0 Å². The Kier molecular flexibility index (Phi) is 5.19. The molecule has 20 heavy (non-hydrogen) atoms. The van der Waals surface area contributed by atoms with Gasteiger partial charge < -0.3 is 5.11 Å². The summed E-state index contributed by atoms with van der Waals surface area (Å²) in [5.41, 5.74) is 0.0842. The lowest BCUT2D eigenvalue weighted by molar-refractivity contribution is -0.139. The minimum absolute atomic E-state index is 0.0258. The molecule has 0 fully saturated rings. The van der Waals surface area contributed by atoms with Gasteiger partial charge in [0.1, 0.15) is 22.7 Å². The van der Waals surface area contributed by atoms with Gasteiger partial charge in [0.05, 0.1) is 0 Å². The van der Waals surface area contributed by atoms with Crippen LogP contribution < -0.4 is 4.72 Å². The van der Waals surface area contributed by atoms with Crippen LogP contribution >= 0.6 is 0 Å². The predicted molar refractivity (Wildman–Crippen MR) is 70.2 cm³/mol. The smallest absolute Gasteiger partial charge is 0.321 e. The molecule has 0 aliphatic rings. The topological polar surface area (TPSA) is 120 Å². The highest BCUT2D eigenvalue weighted by Crippen LogP contribution is 2.12. The quantitative estimate of drug-likeness (QED) is 0.798. The zero-order valence-corrected chi connectivity index (χ0v) is 11.9. The first kappa shape index (κ1) is 16.1. The van der Waals surface area contributed by atoms with Crippen LogP contribution in [-0.4, -0.2) is 30.5 Å². The van der Waals surface area contributed by atoms with Crippen molar-refractivity contribution < 1.29 is 18.3 Å². The molecule has 1 aromatic heterocycles. The Morgan fingerprint density at radius 2 is 2.15 bits per heavy atom. The maximum Gasteiger partial charge on any atom is 0.321 e. The van der Waals surface area contributed by atoms with Crippen molar-refractivity contribution in [2.45, 2.75) is 31.2 Å². The Morgan fingerprint density at radius 1 is 1.50 bits per heavy atom. The fourth-order valence-corrected chi connectivity index (χ4v) is 2.68. The number of hydrogen-bond donors (Lipinski definition) is 2. The van der Waals surface area contributed by atoms with Crippen LogP contribution in [0.25, 0.3) is 0 Å². The van der Waals surface area contributed by atoms with Crippen LogP contribution in [0.4, 0.5) is 0 Å². The van der Waals surface area contributed by atoms with Gasteiger partial charge in [0.15, 0.2) is 0 Å². The molecule has 108 valence electrons. The Morgan fingerprint density at radius 3 is 2.55 bits per heavy atom. The molecular weight excluding hydrogens is 282 g/mol. The third-order valence-corrected chi connectivity index (χ3v) is 3.92. The minimum Gasteiger partial charge on any atom is -0.480 e. The molecule has 0 aliphatic heterocycles. The van der Waals surface area contributed by atoms with E-state index in [1.54, 1.807) is 19.9 Å². The van der Waals surface area contributed by atoms with E-state index in [1.807, 2.05) is 0 Å². The first-order chi connectivity index (χ1) is 9.26. The van der Waals surface area contributed by atoms with Gasteiger partial charge in [-0.15, -0.1) is 0 Å². The lowest BCUT2D eigenvalue weighted by Gasteiger charge is -2.16. The summed E-state index contributed by atoms with van der Waals surface area (Å²) in [6.45, 7) is 3.60. The monoisotopic (exact) mass is 297 g/mol. The largest absolute Gasteiger partial charge is 0.480 e. The number of aliphatic carboxylic acids is 1. The van der Waals surface area contributed by atoms with Crippen molar-refractivity contribution in [3.63, 3.8) is 0 Å². The number of carboxylic acid groups (broad SMARTS) is 1. The highest BCUT2D eigenvalue weighted by atomic mass is 32.2.